The second-order valence-corrected chi connectivity index (χ2v) is 6.84. The summed E-state index contributed by atoms with van der Waals surface area (Å²) >= 11 is 0. The van der Waals surface area contributed by atoms with Crippen LogP contribution >= 0.6 is 0 Å². The van der Waals surface area contributed by atoms with Crippen LogP contribution in [0.2, 0.25) is 0 Å². The molecule has 0 bridgehead atoms. The number of benzene rings is 1. The molecular formula is C22H25N2+. The lowest BCUT2D eigenvalue weighted by molar-refractivity contribution is -0.659. The summed E-state index contributed by atoms with van der Waals surface area (Å²) in [5.74, 6) is 0.618. The Hall–Kier alpha value is -2.48. The molecule has 2 aromatic heterocycles. The van der Waals surface area contributed by atoms with Gasteiger partial charge in [-0.3, -0.25) is 4.98 Å². The van der Waals surface area contributed by atoms with Crippen LogP contribution in [-0.4, -0.2) is 4.98 Å². The van der Waals surface area contributed by atoms with Crippen LogP contribution in [0.3, 0.4) is 0 Å². The number of rotatable bonds is 4. The van der Waals surface area contributed by atoms with Gasteiger partial charge in [-0.25, -0.2) is 4.57 Å². The van der Waals surface area contributed by atoms with Crippen molar-refractivity contribution in [1.29, 1.82) is 0 Å². The van der Waals surface area contributed by atoms with Crippen LogP contribution < -0.4 is 4.57 Å². The lowest BCUT2D eigenvalue weighted by Crippen LogP contribution is -2.30. The Morgan fingerprint density at radius 2 is 1.75 bits per heavy atom. The molecule has 0 saturated carbocycles. The molecule has 0 radical (unpaired) electrons. The summed E-state index contributed by atoms with van der Waals surface area (Å²) in [6, 6.07) is 19.2. The molecule has 3 rings (SSSR count). The average Bonchev–Trinajstić information content (AvgIpc) is 2.55. The maximum atomic E-state index is 4.83. The van der Waals surface area contributed by atoms with Crippen molar-refractivity contribution in [2.75, 3.05) is 0 Å². The summed E-state index contributed by atoms with van der Waals surface area (Å²) in [7, 11) is 2.10. The summed E-state index contributed by atoms with van der Waals surface area (Å²) in [6.45, 7) is 6.61. The van der Waals surface area contributed by atoms with E-state index in [0.717, 1.165) is 23.4 Å². The zero-order chi connectivity index (χ0) is 17.1. The average molecular weight is 317 g/mol. The number of pyridine rings is 2. The molecule has 0 spiro atoms. The summed E-state index contributed by atoms with van der Waals surface area (Å²) in [5, 5.41) is 0. The van der Waals surface area contributed by atoms with Crippen molar-refractivity contribution in [2.24, 2.45) is 13.0 Å². The van der Waals surface area contributed by atoms with Gasteiger partial charge in [-0.05, 0) is 49.1 Å². The van der Waals surface area contributed by atoms with Gasteiger partial charge in [0.1, 0.15) is 7.05 Å². The fourth-order valence-electron chi connectivity index (χ4n) is 3.07. The summed E-state index contributed by atoms with van der Waals surface area (Å²) in [5.41, 5.74) is 7.13. The lowest BCUT2D eigenvalue weighted by atomic mass is 10.0. The third-order valence-electron chi connectivity index (χ3n) is 4.27. The zero-order valence-electron chi connectivity index (χ0n) is 15.0. The molecule has 3 aromatic rings. The first-order chi connectivity index (χ1) is 11.5. The molecule has 0 fully saturated rings. The van der Waals surface area contributed by atoms with Gasteiger partial charge in [0, 0.05) is 17.3 Å². The first-order valence-corrected chi connectivity index (χ1v) is 8.56. The largest absolute Gasteiger partial charge is 0.253 e. The fraction of sp³-hybridized carbons (Fsp3) is 0.273. The van der Waals surface area contributed by atoms with Crippen molar-refractivity contribution >= 4 is 0 Å². The molecule has 1 aromatic carbocycles. The Morgan fingerprint density at radius 3 is 2.46 bits per heavy atom. The van der Waals surface area contributed by atoms with Gasteiger partial charge >= 0.3 is 0 Å². The zero-order valence-corrected chi connectivity index (χ0v) is 15.0. The van der Waals surface area contributed by atoms with E-state index in [1.165, 1.54) is 16.8 Å². The molecule has 0 saturated heterocycles. The van der Waals surface area contributed by atoms with Gasteiger partial charge in [-0.1, -0.05) is 38.1 Å². The van der Waals surface area contributed by atoms with E-state index < -0.39 is 0 Å². The highest BCUT2D eigenvalue weighted by Gasteiger charge is 2.14. The van der Waals surface area contributed by atoms with Crippen LogP contribution in [0.5, 0.6) is 0 Å². The van der Waals surface area contributed by atoms with E-state index in [1.807, 2.05) is 0 Å². The van der Waals surface area contributed by atoms with Crippen molar-refractivity contribution in [3.05, 3.63) is 72.1 Å². The molecule has 0 unspecified atom stereocenters. The number of hydrogen-bond acceptors (Lipinski definition) is 1. The summed E-state index contributed by atoms with van der Waals surface area (Å²) in [4.78, 5) is 4.83. The van der Waals surface area contributed by atoms with Crippen molar-refractivity contribution in [3.63, 3.8) is 0 Å². The van der Waals surface area contributed by atoms with E-state index >= 15 is 0 Å². The van der Waals surface area contributed by atoms with Crippen molar-refractivity contribution < 1.29 is 4.57 Å². The molecule has 0 N–H and O–H groups in total. The Kier molecular flexibility index (Phi) is 4.75. The topological polar surface area (TPSA) is 16.8 Å². The lowest BCUT2D eigenvalue weighted by Gasteiger charge is -2.08. The standard InChI is InChI=1S/C22H25N2/c1-16(2)14-19-9-7-11-21(23-19)18-12-13-22(24(4)15-18)20-10-6-5-8-17(20)3/h5-13,15-16H,14H2,1-4H3/q+1. The third kappa shape index (κ3) is 3.53. The highest BCUT2D eigenvalue weighted by molar-refractivity contribution is 5.64. The SMILES string of the molecule is Cc1ccccc1-c1ccc(-c2cccc(CC(C)C)n2)c[n+]1C. The Balaban J connectivity index is 1.97. The van der Waals surface area contributed by atoms with E-state index in [-0.39, 0.29) is 0 Å². The van der Waals surface area contributed by atoms with Gasteiger partial charge in [0.15, 0.2) is 6.20 Å². The molecular weight excluding hydrogens is 292 g/mol. The molecule has 0 amide bonds. The second kappa shape index (κ2) is 6.96. The van der Waals surface area contributed by atoms with Gasteiger partial charge in [0.05, 0.1) is 11.3 Å². The second-order valence-electron chi connectivity index (χ2n) is 6.84. The van der Waals surface area contributed by atoms with Gasteiger partial charge in [-0.2, -0.15) is 0 Å². The van der Waals surface area contributed by atoms with Crippen LogP contribution in [0, 0.1) is 12.8 Å². The van der Waals surface area contributed by atoms with Gasteiger partial charge in [0.25, 0.3) is 0 Å². The van der Waals surface area contributed by atoms with E-state index in [0.29, 0.717) is 5.92 Å². The smallest absolute Gasteiger partial charge is 0.212 e. The molecule has 0 aliphatic carbocycles. The third-order valence-corrected chi connectivity index (χ3v) is 4.27. The van der Waals surface area contributed by atoms with E-state index in [1.54, 1.807) is 0 Å². The number of nitrogens with zero attached hydrogens (tertiary/aromatic N) is 2. The quantitative estimate of drug-likeness (QED) is 0.635. The number of aromatic nitrogens is 2. The Labute approximate surface area is 144 Å². The summed E-state index contributed by atoms with van der Waals surface area (Å²) < 4.78 is 2.19. The molecule has 24 heavy (non-hydrogen) atoms. The molecule has 0 aliphatic heterocycles. The van der Waals surface area contributed by atoms with E-state index in [4.69, 9.17) is 4.98 Å². The minimum Gasteiger partial charge on any atom is -0.253 e. The number of hydrogen-bond donors (Lipinski definition) is 0. The molecule has 0 atom stereocenters. The van der Waals surface area contributed by atoms with Crippen LogP contribution in [0.1, 0.15) is 25.1 Å². The summed E-state index contributed by atoms with van der Waals surface area (Å²) in [6.07, 6.45) is 3.19. The van der Waals surface area contributed by atoms with Gasteiger partial charge in [0.2, 0.25) is 5.69 Å². The van der Waals surface area contributed by atoms with Crippen LogP contribution in [0.15, 0.2) is 60.8 Å². The fourth-order valence-corrected chi connectivity index (χ4v) is 3.07. The minimum atomic E-state index is 0.618. The Morgan fingerprint density at radius 1 is 0.958 bits per heavy atom. The molecule has 2 nitrogen and oxygen atoms in total. The van der Waals surface area contributed by atoms with Crippen LogP contribution in [-0.2, 0) is 13.5 Å². The van der Waals surface area contributed by atoms with E-state index in [9.17, 15) is 0 Å². The van der Waals surface area contributed by atoms with Crippen molar-refractivity contribution in [3.8, 4) is 22.5 Å². The van der Waals surface area contributed by atoms with Gasteiger partial charge < -0.3 is 0 Å². The van der Waals surface area contributed by atoms with Crippen molar-refractivity contribution in [2.45, 2.75) is 27.2 Å². The molecule has 0 aliphatic rings. The minimum absolute atomic E-state index is 0.618. The first-order valence-electron chi connectivity index (χ1n) is 8.56. The Bertz CT molecular complexity index is 850. The highest BCUT2D eigenvalue weighted by atomic mass is 14.9. The van der Waals surface area contributed by atoms with E-state index in [2.05, 4.69) is 93.2 Å². The predicted molar refractivity (Wildman–Crippen MR) is 99.6 cm³/mol. The molecule has 122 valence electrons. The van der Waals surface area contributed by atoms with Crippen LogP contribution in [0.4, 0.5) is 0 Å². The number of aryl methyl sites for hydroxylation is 2. The monoisotopic (exact) mass is 317 g/mol. The maximum absolute atomic E-state index is 4.83. The predicted octanol–water partition coefficient (Wildman–Crippen LogP) is 4.75. The normalized spacial score (nSPS) is 11.0. The highest BCUT2D eigenvalue weighted by Crippen LogP contribution is 2.23. The van der Waals surface area contributed by atoms with Gasteiger partial charge in [-0.15, -0.1) is 0 Å². The molecule has 2 heterocycles. The molecule has 2 heteroatoms. The van der Waals surface area contributed by atoms with Crippen LogP contribution in [0.25, 0.3) is 22.5 Å². The van der Waals surface area contributed by atoms with Crippen molar-refractivity contribution in [1.82, 2.24) is 4.98 Å². The first kappa shape index (κ1) is 16.4. The maximum Gasteiger partial charge on any atom is 0.212 e.